The number of ether oxygens (including phenoxy) is 1. The van der Waals surface area contributed by atoms with Crippen LogP contribution in [0.2, 0.25) is 5.02 Å². The summed E-state index contributed by atoms with van der Waals surface area (Å²) < 4.78 is 70.0. The summed E-state index contributed by atoms with van der Waals surface area (Å²) in [4.78, 5) is 12.9. The molecule has 12 heteroatoms. The number of alkyl halides is 1. The number of fused-ring (bicyclic) bond motifs is 5. The van der Waals surface area contributed by atoms with E-state index in [-0.39, 0.29) is 57.1 Å². The largest absolute Gasteiger partial charge is 0.508 e. The maximum absolute atomic E-state index is 16.8. The topological polar surface area (TPSA) is 73.8 Å². The molecule has 0 unspecified atom stereocenters. The zero-order valence-electron chi connectivity index (χ0n) is 24.6. The summed E-state index contributed by atoms with van der Waals surface area (Å²) in [7, 11) is 0. The van der Waals surface area contributed by atoms with Gasteiger partial charge in [0.15, 0.2) is 17.5 Å². The molecule has 2 bridgehead atoms. The number of halogens is 5. The Balaban J connectivity index is 1.32. The Morgan fingerprint density at radius 3 is 2.76 bits per heavy atom. The smallest absolute Gasteiger partial charge is 0.319 e. The predicted octanol–water partition coefficient (Wildman–Crippen LogP) is 6.51. The number of aromatic hydroxyl groups is 1. The Labute approximate surface area is 262 Å². The van der Waals surface area contributed by atoms with Gasteiger partial charge in [-0.15, -0.1) is 0 Å². The van der Waals surface area contributed by atoms with Crippen molar-refractivity contribution in [2.24, 2.45) is 0 Å². The Kier molecular flexibility index (Phi) is 6.64. The number of phenols is 1. The summed E-state index contributed by atoms with van der Waals surface area (Å²) in [5.41, 5.74) is -2.06. The number of anilines is 1. The average molecular weight is 642 g/mol. The van der Waals surface area contributed by atoms with Crippen molar-refractivity contribution in [3.8, 4) is 22.9 Å². The average Bonchev–Trinajstić information content (AvgIpc) is 3.62. The van der Waals surface area contributed by atoms with E-state index in [1.807, 2.05) is 4.90 Å². The van der Waals surface area contributed by atoms with Gasteiger partial charge in [-0.3, -0.25) is 4.90 Å². The molecule has 3 aromatic carbocycles. The maximum Gasteiger partial charge on any atom is 0.319 e. The van der Waals surface area contributed by atoms with Crippen LogP contribution in [-0.4, -0.2) is 76.1 Å². The van der Waals surface area contributed by atoms with E-state index in [1.165, 1.54) is 6.07 Å². The van der Waals surface area contributed by atoms with E-state index >= 15 is 13.2 Å². The fourth-order valence-electron chi connectivity index (χ4n) is 8.27. The van der Waals surface area contributed by atoms with Gasteiger partial charge in [0.25, 0.3) is 0 Å². The van der Waals surface area contributed by atoms with E-state index in [0.29, 0.717) is 31.4 Å². The summed E-state index contributed by atoms with van der Waals surface area (Å²) in [6, 6.07) is 7.33. The highest BCUT2D eigenvalue weighted by molar-refractivity contribution is 6.36. The lowest BCUT2D eigenvalue weighted by molar-refractivity contribution is 0.107. The van der Waals surface area contributed by atoms with Gasteiger partial charge >= 0.3 is 6.01 Å². The van der Waals surface area contributed by atoms with E-state index in [4.69, 9.17) is 16.3 Å². The summed E-state index contributed by atoms with van der Waals surface area (Å²) in [5, 5.41) is 14.5. The summed E-state index contributed by atoms with van der Waals surface area (Å²) in [5.74, 6) is -4.09. The van der Waals surface area contributed by atoms with E-state index in [2.05, 4.69) is 27.1 Å². The number of benzene rings is 3. The van der Waals surface area contributed by atoms with Crippen LogP contribution in [0.25, 0.3) is 32.8 Å². The quantitative estimate of drug-likeness (QED) is 0.190. The number of hydrogen-bond donors (Lipinski definition) is 2. The van der Waals surface area contributed by atoms with Crippen molar-refractivity contribution in [1.82, 2.24) is 20.2 Å². The number of nitrogens with zero attached hydrogens (tertiary/aromatic N) is 4. The number of phenolic OH excluding ortho intramolecular Hbond substituents is 1. The van der Waals surface area contributed by atoms with Crippen LogP contribution in [0.1, 0.15) is 39.0 Å². The predicted molar refractivity (Wildman–Crippen MR) is 164 cm³/mol. The van der Waals surface area contributed by atoms with Crippen LogP contribution in [-0.2, 0) is 0 Å². The van der Waals surface area contributed by atoms with Gasteiger partial charge in [-0.25, -0.2) is 17.6 Å². The normalized spacial score (nSPS) is 28.0. The third-order valence-electron chi connectivity index (χ3n) is 10.2. The third kappa shape index (κ3) is 4.60. The van der Waals surface area contributed by atoms with Crippen molar-refractivity contribution in [1.29, 1.82) is 0 Å². The fourth-order valence-corrected chi connectivity index (χ4v) is 8.55. The van der Waals surface area contributed by atoms with Crippen LogP contribution in [0.4, 0.5) is 23.4 Å². The van der Waals surface area contributed by atoms with Gasteiger partial charge in [-0.2, -0.15) is 9.97 Å². The number of nitrogens with one attached hydrogen (secondary N) is 1. The first-order chi connectivity index (χ1) is 21.5. The van der Waals surface area contributed by atoms with Gasteiger partial charge < -0.3 is 20.1 Å². The molecular weight excluding hydrogens is 610 g/mol. The molecule has 4 aliphatic heterocycles. The zero-order chi connectivity index (χ0) is 31.2. The van der Waals surface area contributed by atoms with Gasteiger partial charge in [-0.1, -0.05) is 23.7 Å². The SMILES string of the molecule is C[C@]12CC[C@H](CN(c3nc(OC[C@@]45CCCN4C[C@H](F)C5)nc4c(F)c(-c5cc(O)cc6cccc(Cl)c56)c(F)c(F)c34)C1)N2. The molecule has 0 saturated carbocycles. The molecule has 236 valence electrons. The molecule has 4 aliphatic rings. The summed E-state index contributed by atoms with van der Waals surface area (Å²) in [6.07, 6.45) is 2.79. The highest BCUT2D eigenvalue weighted by Crippen LogP contribution is 2.45. The van der Waals surface area contributed by atoms with Crippen LogP contribution in [0.3, 0.4) is 0 Å². The Morgan fingerprint density at radius 2 is 1.93 bits per heavy atom. The Bertz CT molecular complexity index is 1880. The van der Waals surface area contributed by atoms with Crippen molar-refractivity contribution >= 4 is 39.1 Å². The van der Waals surface area contributed by atoms with Crippen molar-refractivity contribution in [2.75, 3.05) is 37.7 Å². The minimum atomic E-state index is -1.44. The second kappa shape index (κ2) is 10.3. The van der Waals surface area contributed by atoms with Gasteiger partial charge in [0.1, 0.15) is 29.9 Å². The lowest BCUT2D eigenvalue weighted by Gasteiger charge is -2.40. The molecule has 4 saturated heterocycles. The standard InChI is InChI=1S/C33H32ClF4N5O2/c1-32-8-6-19(41-32)14-42(15-32)30-25-27(37)26(36)24(21-11-20(44)10-17-4-2-5-22(34)23(17)21)28(38)29(25)39-31(40-30)45-16-33-7-3-9-43(33)13-18(35)12-33/h2,4-5,10-11,18-19,41,44H,3,6-9,12-16H2,1H3/t18-,19-,32+,33+/m1/s1. The zero-order valence-corrected chi connectivity index (χ0v) is 25.4. The number of hydrogen-bond acceptors (Lipinski definition) is 7. The molecular formula is C33H32ClF4N5O2. The van der Waals surface area contributed by atoms with Crippen LogP contribution in [0.15, 0.2) is 30.3 Å². The van der Waals surface area contributed by atoms with E-state index in [0.717, 1.165) is 38.3 Å². The highest BCUT2D eigenvalue weighted by atomic mass is 35.5. The monoisotopic (exact) mass is 641 g/mol. The minimum absolute atomic E-state index is 0.0471. The van der Waals surface area contributed by atoms with Crippen molar-refractivity contribution in [3.05, 3.63) is 52.8 Å². The Morgan fingerprint density at radius 1 is 1.09 bits per heavy atom. The molecule has 45 heavy (non-hydrogen) atoms. The minimum Gasteiger partial charge on any atom is -0.508 e. The Hall–Kier alpha value is -3.41. The van der Waals surface area contributed by atoms with Crippen LogP contribution in [0.5, 0.6) is 11.8 Å². The summed E-state index contributed by atoms with van der Waals surface area (Å²) in [6.45, 7) is 4.14. The number of piperazine rings is 1. The van der Waals surface area contributed by atoms with Crippen molar-refractivity contribution < 1.29 is 27.4 Å². The van der Waals surface area contributed by atoms with Gasteiger partial charge in [0.2, 0.25) is 0 Å². The molecule has 4 fully saturated rings. The van der Waals surface area contributed by atoms with E-state index < -0.39 is 40.2 Å². The third-order valence-corrected chi connectivity index (χ3v) is 10.5. The fraction of sp³-hybridized carbons (Fsp3) is 0.455. The van der Waals surface area contributed by atoms with Crippen molar-refractivity contribution in [3.63, 3.8) is 0 Å². The molecule has 0 aliphatic carbocycles. The first-order valence-corrected chi connectivity index (χ1v) is 15.8. The molecule has 8 rings (SSSR count). The first kappa shape index (κ1) is 29.0. The molecule has 0 spiro atoms. The van der Waals surface area contributed by atoms with E-state index in [9.17, 15) is 9.50 Å². The number of rotatable bonds is 5. The van der Waals surface area contributed by atoms with Gasteiger partial charge in [-0.05, 0) is 62.7 Å². The highest BCUT2D eigenvalue weighted by Gasteiger charge is 2.49. The molecule has 1 aromatic heterocycles. The summed E-state index contributed by atoms with van der Waals surface area (Å²) >= 11 is 6.47. The van der Waals surface area contributed by atoms with Gasteiger partial charge in [0, 0.05) is 53.6 Å². The van der Waals surface area contributed by atoms with Crippen LogP contribution < -0.4 is 15.0 Å². The molecule has 0 amide bonds. The molecule has 4 aromatic rings. The van der Waals surface area contributed by atoms with Crippen LogP contribution >= 0.6 is 11.6 Å². The lowest BCUT2D eigenvalue weighted by atomic mass is 9.95. The van der Waals surface area contributed by atoms with E-state index in [1.54, 1.807) is 18.2 Å². The first-order valence-electron chi connectivity index (χ1n) is 15.4. The van der Waals surface area contributed by atoms with Gasteiger partial charge in [0.05, 0.1) is 16.5 Å². The number of aromatic nitrogens is 2. The molecule has 0 radical (unpaired) electrons. The molecule has 5 heterocycles. The second-order valence-corrected chi connectivity index (χ2v) is 13.8. The second-order valence-electron chi connectivity index (χ2n) is 13.4. The lowest BCUT2D eigenvalue weighted by Crippen LogP contribution is -2.58. The molecule has 2 N–H and O–H groups in total. The van der Waals surface area contributed by atoms with Crippen LogP contribution in [0, 0.1) is 17.5 Å². The molecule has 4 atom stereocenters. The maximum atomic E-state index is 16.8. The molecule has 7 nitrogen and oxygen atoms in total. The van der Waals surface area contributed by atoms with Crippen molar-refractivity contribution in [2.45, 2.75) is 62.3 Å².